The zero-order valence-corrected chi connectivity index (χ0v) is 10.8. The van der Waals surface area contributed by atoms with E-state index in [1.807, 2.05) is 6.07 Å². The monoisotopic (exact) mass is 247 g/mol. The van der Waals surface area contributed by atoms with Gasteiger partial charge in [-0.1, -0.05) is 30.3 Å². The summed E-state index contributed by atoms with van der Waals surface area (Å²) in [4.78, 5) is 6.73. The van der Waals surface area contributed by atoms with Crippen LogP contribution >= 0.6 is 11.3 Å². The zero-order valence-electron chi connectivity index (χ0n) is 9.97. The maximum atomic E-state index is 5.52. The molecule has 0 saturated heterocycles. The standard InChI is InChI=1S/C13H17N3S/c1-16(9-11-5-3-2-4-6-11)13-15-12(7-8-14)10-17-13/h2-6,10H,7-9,14H2,1H3. The van der Waals surface area contributed by atoms with Crippen molar-refractivity contribution in [3.63, 3.8) is 0 Å². The Hall–Kier alpha value is -1.39. The summed E-state index contributed by atoms with van der Waals surface area (Å²) in [6.07, 6.45) is 0.857. The first-order valence-electron chi connectivity index (χ1n) is 5.69. The number of nitrogens with zero attached hydrogens (tertiary/aromatic N) is 2. The van der Waals surface area contributed by atoms with Crippen LogP contribution in [0.25, 0.3) is 0 Å². The summed E-state index contributed by atoms with van der Waals surface area (Å²) in [6, 6.07) is 10.4. The molecule has 0 spiro atoms. The van der Waals surface area contributed by atoms with Crippen molar-refractivity contribution in [1.82, 2.24) is 4.98 Å². The fourth-order valence-corrected chi connectivity index (χ4v) is 2.49. The van der Waals surface area contributed by atoms with Gasteiger partial charge in [-0.3, -0.25) is 0 Å². The molecule has 1 heterocycles. The van der Waals surface area contributed by atoms with E-state index < -0.39 is 0 Å². The molecule has 1 aromatic carbocycles. The van der Waals surface area contributed by atoms with Crippen LogP contribution in [0.3, 0.4) is 0 Å². The lowest BCUT2D eigenvalue weighted by Crippen LogP contribution is -2.16. The second-order valence-corrected chi connectivity index (χ2v) is 4.84. The van der Waals surface area contributed by atoms with Crippen molar-refractivity contribution >= 4 is 16.5 Å². The molecule has 2 N–H and O–H groups in total. The highest BCUT2D eigenvalue weighted by Crippen LogP contribution is 2.21. The fourth-order valence-electron chi connectivity index (χ4n) is 1.66. The molecule has 0 unspecified atom stereocenters. The molecular formula is C13H17N3S. The normalized spacial score (nSPS) is 10.5. The molecule has 0 atom stereocenters. The summed E-state index contributed by atoms with van der Waals surface area (Å²) in [7, 11) is 2.07. The van der Waals surface area contributed by atoms with Crippen LogP contribution in [0, 0.1) is 0 Å². The molecule has 2 rings (SSSR count). The van der Waals surface area contributed by atoms with Crippen LogP contribution in [0.2, 0.25) is 0 Å². The molecule has 0 bridgehead atoms. The van der Waals surface area contributed by atoms with E-state index in [1.54, 1.807) is 11.3 Å². The van der Waals surface area contributed by atoms with Gasteiger partial charge in [0.15, 0.2) is 5.13 Å². The molecule has 0 aliphatic heterocycles. The van der Waals surface area contributed by atoms with Gasteiger partial charge in [0.2, 0.25) is 0 Å². The molecule has 1 aromatic heterocycles. The Bertz CT molecular complexity index is 453. The fraction of sp³-hybridized carbons (Fsp3) is 0.308. The summed E-state index contributed by atoms with van der Waals surface area (Å²) in [5.74, 6) is 0. The number of hydrogen-bond donors (Lipinski definition) is 1. The van der Waals surface area contributed by atoms with Crippen molar-refractivity contribution < 1.29 is 0 Å². The van der Waals surface area contributed by atoms with Crippen molar-refractivity contribution in [2.24, 2.45) is 5.73 Å². The molecule has 0 radical (unpaired) electrons. The SMILES string of the molecule is CN(Cc1ccccc1)c1nc(CCN)cs1. The van der Waals surface area contributed by atoms with Gasteiger partial charge in [-0.25, -0.2) is 4.98 Å². The lowest BCUT2D eigenvalue weighted by Gasteiger charge is -2.15. The summed E-state index contributed by atoms with van der Waals surface area (Å²) < 4.78 is 0. The summed E-state index contributed by atoms with van der Waals surface area (Å²) in [6.45, 7) is 1.54. The van der Waals surface area contributed by atoms with Crippen LogP contribution in [0.15, 0.2) is 35.7 Å². The Balaban J connectivity index is 2.01. The molecular weight excluding hydrogens is 230 g/mol. The van der Waals surface area contributed by atoms with Gasteiger partial charge in [0.05, 0.1) is 5.69 Å². The second kappa shape index (κ2) is 5.80. The second-order valence-electron chi connectivity index (χ2n) is 4.00. The van der Waals surface area contributed by atoms with Gasteiger partial charge >= 0.3 is 0 Å². The van der Waals surface area contributed by atoms with E-state index in [9.17, 15) is 0 Å². The molecule has 3 nitrogen and oxygen atoms in total. The van der Waals surface area contributed by atoms with Gasteiger partial charge in [0, 0.05) is 25.4 Å². The molecule has 90 valence electrons. The Morgan fingerprint density at radius 3 is 2.76 bits per heavy atom. The quantitative estimate of drug-likeness (QED) is 0.881. The molecule has 4 heteroatoms. The molecule has 0 saturated carbocycles. The number of hydrogen-bond acceptors (Lipinski definition) is 4. The lowest BCUT2D eigenvalue weighted by molar-refractivity contribution is 0.888. The molecule has 17 heavy (non-hydrogen) atoms. The van der Waals surface area contributed by atoms with E-state index >= 15 is 0 Å². The Morgan fingerprint density at radius 1 is 1.29 bits per heavy atom. The van der Waals surface area contributed by atoms with Gasteiger partial charge in [-0.15, -0.1) is 11.3 Å². The number of nitrogens with two attached hydrogens (primary N) is 1. The van der Waals surface area contributed by atoms with Gasteiger partial charge < -0.3 is 10.6 Å². The van der Waals surface area contributed by atoms with Crippen molar-refractivity contribution in [3.8, 4) is 0 Å². The highest BCUT2D eigenvalue weighted by Gasteiger charge is 2.06. The highest BCUT2D eigenvalue weighted by atomic mass is 32.1. The third kappa shape index (κ3) is 3.28. The first-order valence-corrected chi connectivity index (χ1v) is 6.57. The van der Waals surface area contributed by atoms with Crippen molar-refractivity contribution in [2.45, 2.75) is 13.0 Å². The van der Waals surface area contributed by atoms with E-state index in [-0.39, 0.29) is 0 Å². The van der Waals surface area contributed by atoms with E-state index in [2.05, 4.69) is 46.6 Å². The van der Waals surface area contributed by atoms with E-state index in [4.69, 9.17) is 5.73 Å². The first-order chi connectivity index (χ1) is 8.29. The molecule has 0 amide bonds. The van der Waals surface area contributed by atoms with Crippen LogP contribution in [-0.2, 0) is 13.0 Å². The largest absolute Gasteiger partial charge is 0.347 e. The number of thiazole rings is 1. The van der Waals surface area contributed by atoms with Crippen LogP contribution < -0.4 is 10.6 Å². The predicted molar refractivity (Wildman–Crippen MR) is 73.4 cm³/mol. The average Bonchev–Trinajstić information content (AvgIpc) is 2.79. The first kappa shape index (κ1) is 12.1. The summed E-state index contributed by atoms with van der Waals surface area (Å²) >= 11 is 1.68. The molecule has 0 aliphatic rings. The van der Waals surface area contributed by atoms with E-state index in [0.717, 1.165) is 23.8 Å². The number of aromatic nitrogens is 1. The van der Waals surface area contributed by atoms with E-state index in [1.165, 1.54) is 5.56 Å². The minimum atomic E-state index is 0.658. The van der Waals surface area contributed by atoms with Gasteiger partial charge in [0.25, 0.3) is 0 Å². The number of benzene rings is 1. The number of anilines is 1. The van der Waals surface area contributed by atoms with E-state index in [0.29, 0.717) is 6.54 Å². The molecule has 0 fully saturated rings. The minimum absolute atomic E-state index is 0.658. The Kier molecular flexibility index (Phi) is 4.12. The van der Waals surface area contributed by atoms with Crippen molar-refractivity contribution in [1.29, 1.82) is 0 Å². The molecule has 2 aromatic rings. The Morgan fingerprint density at radius 2 is 2.06 bits per heavy atom. The topological polar surface area (TPSA) is 42.2 Å². The highest BCUT2D eigenvalue weighted by molar-refractivity contribution is 7.13. The lowest BCUT2D eigenvalue weighted by atomic mass is 10.2. The minimum Gasteiger partial charge on any atom is -0.347 e. The average molecular weight is 247 g/mol. The maximum Gasteiger partial charge on any atom is 0.185 e. The van der Waals surface area contributed by atoms with Crippen molar-refractivity contribution in [2.75, 3.05) is 18.5 Å². The van der Waals surface area contributed by atoms with Crippen LogP contribution in [-0.4, -0.2) is 18.6 Å². The van der Waals surface area contributed by atoms with Gasteiger partial charge in [-0.2, -0.15) is 0 Å². The smallest absolute Gasteiger partial charge is 0.185 e. The number of rotatable bonds is 5. The van der Waals surface area contributed by atoms with Gasteiger partial charge in [0.1, 0.15) is 0 Å². The molecule has 0 aliphatic carbocycles. The van der Waals surface area contributed by atoms with Gasteiger partial charge in [-0.05, 0) is 12.1 Å². The van der Waals surface area contributed by atoms with Crippen LogP contribution in [0.1, 0.15) is 11.3 Å². The predicted octanol–water partition coefficient (Wildman–Crippen LogP) is 2.28. The van der Waals surface area contributed by atoms with Crippen LogP contribution in [0.4, 0.5) is 5.13 Å². The third-order valence-corrected chi connectivity index (χ3v) is 3.53. The Labute approximate surface area is 106 Å². The third-order valence-electron chi connectivity index (χ3n) is 2.53. The summed E-state index contributed by atoms with van der Waals surface area (Å²) in [5.41, 5.74) is 7.91. The van der Waals surface area contributed by atoms with Crippen LogP contribution in [0.5, 0.6) is 0 Å². The maximum absolute atomic E-state index is 5.52. The zero-order chi connectivity index (χ0) is 12.1. The van der Waals surface area contributed by atoms with Crippen molar-refractivity contribution in [3.05, 3.63) is 47.0 Å². The summed E-state index contributed by atoms with van der Waals surface area (Å²) in [5, 5.41) is 3.14.